The summed E-state index contributed by atoms with van der Waals surface area (Å²) in [7, 11) is -1.59. The number of rotatable bonds is 10. The van der Waals surface area contributed by atoms with Gasteiger partial charge in [-0.15, -0.1) is 0 Å². The van der Waals surface area contributed by atoms with E-state index in [2.05, 4.69) is 27.0 Å². The monoisotopic (exact) mass is 730 g/mol. The summed E-state index contributed by atoms with van der Waals surface area (Å²) in [6, 6.07) is 22.7. The van der Waals surface area contributed by atoms with E-state index in [1.807, 2.05) is 24.1 Å². The van der Waals surface area contributed by atoms with Crippen LogP contribution in [0.2, 0.25) is 0 Å². The second kappa shape index (κ2) is 13.4. The Labute approximate surface area is 308 Å². The molecule has 13 heteroatoms. The van der Waals surface area contributed by atoms with Crippen LogP contribution in [0.25, 0.3) is 10.9 Å². The van der Waals surface area contributed by atoms with Crippen molar-refractivity contribution in [2.45, 2.75) is 36.1 Å². The number of fused-ring (bicyclic) bond motifs is 2. The lowest BCUT2D eigenvalue weighted by molar-refractivity contribution is -0.127. The van der Waals surface area contributed by atoms with Crippen molar-refractivity contribution in [1.82, 2.24) is 14.9 Å². The second-order valence-electron chi connectivity index (χ2n) is 13.3. The predicted octanol–water partition coefficient (Wildman–Crippen LogP) is 5.60. The van der Waals surface area contributed by atoms with E-state index in [0.717, 1.165) is 28.5 Å². The Kier molecular flexibility index (Phi) is 8.67. The number of hydrogen-bond donors (Lipinski definition) is 0. The van der Waals surface area contributed by atoms with E-state index in [1.165, 1.54) is 38.6 Å². The third kappa shape index (κ3) is 5.52. The summed E-state index contributed by atoms with van der Waals surface area (Å²) in [5.74, 6) is 1.09. The molecule has 0 N–H and O–H groups in total. The molecule has 1 amide bonds. The summed E-state index contributed by atoms with van der Waals surface area (Å²) in [6.07, 6.45) is 5.64. The fourth-order valence-corrected chi connectivity index (χ4v) is 9.37. The molecule has 3 aliphatic rings. The average Bonchev–Trinajstić information content (AvgIpc) is 4.01. The lowest BCUT2D eigenvalue weighted by atomic mass is 9.80. The summed E-state index contributed by atoms with van der Waals surface area (Å²) in [5, 5.41) is 10.6. The van der Waals surface area contributed by atoms with E-state index < -0.39 is 21.5 Å². The van der Waals surface area contributed by atoms with E-state index in [4.69, 9.17) is 14.2 Å². The van der Waals surface area contributed by atoms with Crippen molar-refractivity contribution < 1.29 is 27.4 Å². The number of ether oxygens (including phenoxy) is 3. The van der Waals surface area contributed by atoms with Crippen molar-refractivity contribution in [1.29, 1.82) is 5.26 Å². The Morgan fingerprint density at radius 3 is 2.40 bits per heavy atom. The van der Waals surface area contributed by atoms with Gasteiger partial charge in [0.15, 0.2) is 5.54 Å². The summed E-state index contributed by atoms with van der Waals surface area (Å²) in [6.45, 7) is 3.99. The Morgan fingerprint density at radius 2 is 1.68 bits per heavy atom. The molecular weight excluding hydrogens is 693 g/mol. The zero-order chi connectivity index (χ0) is 36.9. The van der Waals surface area contributed by atoms with E-state index in [0.29, 0.717) is 72.5 Å². The lowest BCUT2D eigenvalue weighted by Crippen LogP contribution is -2.60. The van der Waals surface area contributed by atoms with Crippen LogP contribution in [0.3, 0.4) is 0 Å². The maximum Gasteiger partial charge on any atom is 0.273 e. The number of methoxy groups -OCH3 is 2. The molecule has 12 nitrogen and oxygen atoms in total. The number of pyridine rings is 2. The van der Waals surface area contributed by atoms with Gasteiger partial charge in [0.25, 0.3) is 15.9 Å². The molecule has 1 unspecified atom stereocenters. The number of benzene rings is 3. The molecule has 0 bridgehead atoms. The van der Waals surface area contributed by atoms with Crippen molar-refractivity contribution in [2.24, 2.45) is 0 Å². The number of nitriles is 1. The molecule has 4 heterocycles. The van der Waals surface area contributed by atoms with Crippen molar-refractivity contribution in [2.75, 3.05) is 56.2 Å². The first-order chi connectivity index (χ1) is 25.8. The number of amides is 1. The molecule has 2 aliphatic heterocycles. The van der Waals surface area contributed by atoms with Gasteiger partial charge in [-0.2, -0.15) is 5.26 Å². The number of anilines is 2. The number of piperazine rings is 1. The fraction of sp³-hybridized carbons (Fsp3) is 0.300. The fourth-order valence-electron chi connectivity index (χ4n) is 7.76. The van der Waals surface area contributed by atoms with E-state index in [1.54, 1.807) is 42.5 Å². The van der Waals surface area contributed by atoms with Gasteiger partial charge in [-0.1, -0.05) is 0 Å². The molecule has 1 aliphatic carbocycles. The highest BCUT2D eigenvalue weighted by atomic mass is 32.2. The third-order valence-corrected chi connectivity index (χ3v) is 12.1. The number of nitrogens with zero attached hydrogens (tertiary/aromatic N) is 6. The van der Waals surface area contributed by atoms with Crippen LogP contribution in [0.15, 0.2) is 90.1 Å². The first-order valence-corrected chi connectivity index (χ1v) is 19.0. The molecule has 1 saturated carbocycles. The van der Waals surface area contributed by atoms with Gasteiger partial charge < -0.3 is 19.1 Å². The van der Waals surface area contributed by atoms with Crippen LogP contribution < -0.4 is 23.4 Å². The SMILES string of the molecule is CCOc1ccc(OC)cc1C1(N2CCN(c3ccnc(C4CC4)c3)CC2)C(=O)N(S(=O)(=O)c2ccc(OC)c3cccnc23)c2ccc(C#N)cc21. The minimum Gasteiger partial charge on any atom is -0.497 e. The van der Waals surface area contributed by atoms with Crippen molar-refractivity contribution in [3.05, 3.63) is 108 Å². The summed E-state index contributed by atoms with van der Waals surface area (Å²) < 4.78 is 48.5. The van der Waals surface area contributed by atoms with Crippen LogP contribution in [-0.4, -0.2) is 76.2 Å². The van der Waals surface area contributed by atoms with Crippen LogP contribution in [-0.2, 0) is 20.4 Å². The maximum absolute atomic E-state index is 15.8. The summed E-state index contributed by atoms with van der Waals surface area (Å²) in [4.78, 5) is 28.9. The van der Waals surface area contributed by atoms with Crippen LogP contribution in [0, 0.1) is 11.3 Å². The Bertz CT molecular complexity index is 2400. The molecule has 0 radical (unpaired) electrons. The number of hydrogen-bond acceptors (Lipinski definition) is 11. The zero-order valence-corrected chi connectivity index (χ0v) is 30.5. The van der Waals surface area contributed by atoms with Gasteiger partial charge in [0.2, 0.25) is 0 Å². The van der Waals surface area contributed by atoms with Crippen LogP contribution in [0.4, 0.5) is 11.4 Å². The zero-order valence-electron chi connectivity index (χ0n) is 29.7. The van der Waals surface area contributed by atoms with Gasteiger partial charge in [-0.3, -0.25) is 19.7 Å². The minimum atomic E-state index is -4.63. The predicted molar refractivity (Wildman–Crippen MR) is 199 cm³/mol. The Morgan fingerprint density at radius 1 is 0.887 bits per heavy atom. The van der Waals surface area contributed by atoms with Crippen LogP contribution in [0.5, 0.6) is 17.2 Å². The van der Waals surface area contributed by atoms with E-state index >= 15 is 13.2 Å². The normalized spacial score (nSPS) is 18.9. The van der Waals surface area contributed by atoms with Gasteiger partial charge in [0, 0.05) is 72.4 Å². The number of carbonyl (C=O) groups excluding carboxylic acids is 1. The number of sulfonamides is 1. The molecule has 2 fully saturated rings. The molecule has 1 atom stereocenters. The minimum absolute atomic E-state index is 0.143. The smallest absolute Gasteiger partial charge is 0.273 e. The Balaban J connectivity index is 1.33. The molecule has 2 aromatic heterocycles. The third-order valence-electron chi connectivity index (χ3n) is 10.4. The maximum atomic E-state index is 15.8. The first kappa shape index (κ1) is 34.4. The number of carbonyl (C=O) groups is 1. The number of aromatic nitrogens is 2. The van der Waals surface area contributed by atoms with Gasteiger partial charge in [0.05, 0.1) is 43.7 Å². The average molecular weight is 731 g/mol. The van der Waals surface area contributed by atoms with Crippen molar-refractivity contribution >= 4 is 38.2 Å². The largest absolute Gasteiger partial charge is 0.497 e. The van der Waals surface area contributed by atoms with Gasteiger partial charge in [-0.05, 0) is 92.6 Å². The topological polar surface area (TPSA) is 138 Å². The first-order valence-electron chi connectivity index (χ1n) is 17.6. The lowest BCUT2D eigenvalue weighted by Gasteiger charge is -2.46. The van der Waals surface area contributed by atoms with Crippen LogP contribution in [0.1, 0.15) is 48.1 Å². The molecular formula is C40H38N6O6S. The van der Waals surface area contributed by atoms with E-state index in [9.17, 15) is 5.26 Å². The van der Waals surface area contributed by atoms with Crippen LogP contribution >= 0.6 is 0 Å². The van der Waals surface area contributed by atoms with E-state index in [-0.39, 0.29) is 21.7 Å². The van der Waals surface area contributed by atoms with Gasteiger partial charge in [-0.25, -0.2) is 12.7 Å². The standard InChI is InChI=1S/C40H38N6O6S/c1-4-52-36-12-10-29(50-2)24-32(36)40(45-20-18-44(19-21-45)28-15-17-42-33(23-28)27-8-9-27)31-22-26(25-41)7-11-34(31)46(39(40)47)53(48,49)37-14-13-35(51-3)30-6-5-16-43-38(30)37/h5-7,10-17,22-24,27H,4,8-9,18-21H2,1-3H3. The van der Waals surface area contributed by atoms with Gasteiger partial charge in [0.1, 0.15) is 22.1 Å². The molecule has 0 spiro atoms. The Hall–Kier alpha value is -5.71. The quantitative estimate of drug-likeness (QED) is 0.178. The van der Waals surface area contributed by atoms with Gasteiger partial charge >= 0.3 is 0 Å². The molecule has 8 rings (SSSR count). The van der Waals surface area contributed by atoms with Crippen molar-refractivity contribution in [3.8, 4) is 23.3 Å². The summed E-state index contributed by atoms with van der Waals surface area (Å²) in [5.41, 5.74) is 1.78. The highest BCUT2D eigenvalue weighted by Gasteiger charge is 2.61. The highest BCUT2D eigenvalue weighted by Crippen LogP contribution is 2.54. The molecule has 1 saturated heterocycles. The second-order valence-corrected chi connectivity index (χ2v) is 15.0. The van der Waals surface area contributed by atoms with Crippen molar-refractivity contribution in [3.63, 3.8) is 0 Å². The highest BCUT2D eigenvalue weighted by molar-refractivity contribution is 7.93. The molecule has 3 aromatic carbocycles. The molecule has 5 aromatic rings. The summed E-state index contributed by atoms with van der Waals surface area (Å²) >= 11 is 0. The molecule has 53 heavy (non-hydrogen) atoms. The molecule has 270 valence electrons.